The lowest BCUT2D eigenvalue weighted by molar-refractivity contribution is -0.140. The van der Waals surface area contributed by atoms with E-state index in [1.807, 2.05) is 73.0 Å². The summed E-state index contributed by atoms with van der Waals surface area (Å²) in [5, 5.41) is 0. The maximum absolute atomic E-state index is 12.9. The Labute approximate surface area is 191 Å². The van der Waals surface area contributed by atoms with E-state index in [-0.39, 0.29) is 17.2 Å². The van der Waals surface area contributed by atoms with Gasteiger partial charge in [0.05, 0.1) is 10.2 Å². The molecule has 2 heterocycles. The maximum atomic E-state index is 12.9. The Kier molecular flexibility index (Phi) is 6.34. The second-order valence-electron chi connectivity index (χ2n) is 8.77. The van der Waals surface area contributed by atoms with Crippen LogP contribution in [0.3, 0.4) is 0 Å². The zero-order chi connectivity index (χ0) is 22.0. The molecule has 162 valence electrons. The van der Waals surface area contributed by atoms with Crippen molar-refractivity contribution in [3.8, 4) is 0 Å². The summed E-state index contributed by atoms with van der Waals surface area (Å²) < 4.78 is 2.26. The van der Waals surface area contributed by atoms with Crippen molar-refractivity contribution in [1.82, 2.24) is 14.8 Å². The summed E-state index contributed by atoms with van der Waals surface area (Å²) in [6.45, 7) is 8.15. The third-order valence-electron chi connectivity index (χ3n) is 5.33. The van der Waals surface area contributed by atoms with Gasteiger partial charge >= 0.3 is 0 Å². The van der Waals surface area contributed by atoms with Crippen molar-refractivity contribution in [2.75, 3.05) is 26.2 Å². The van der Waals surface area contributed by atoms with Crippen molar-refractivity contribution in [2.45, 2.75) is 30.9 Å². The molecule has 2 aromatic carbocycles. The average molecular weight is 454 g/mol. The van der Waals surface area contributed by atoms with E-state index < -0.39 is 0 Å². The molecule has 1 aliphatic heterocycles. The molecule has 7 heteroatoms. The number of hydrogen-bond acceptors (Lipinski definition) is 5. The van der Waals surface area contributed by atoms with Gasteiger partial charge in [-0.05, 0) is 29.8 Å². The Hall–Kier alpha value is -2.38. The zero-order valence-electron chi connectivity index (χ0n) is 18.1. The fourth-order valence-electron chi connectivity index (χ4n) is 3.57. The van der Waals surface area contributed by atoms with E-state index in [1.54, 1.807) is 23.1 Å². The Morgan fingerprint density at radius 2 is 1.61 bits per heavy atom. The Morgan fingerprint density at radius 3 is 2.26 bits per heavy atom. The SMILES string of the molecule is CC(C)(C)C(=O)N1CCN(C(=O)c2ccc(CSc3nc4ccccc4s3)cc2)CC1. The Balaban J connectivity index is 1.31. The molecule has 1 saturated heterocycles. The van der Waals surface area contributed by atoms with E-state index in [9.17, 15) is 9.59 Å². The van der Waals surface area contributed by atoms with Gasteiger partial charge in [-0.15, -0.1) is 11.3 Å². The Morgan fingerprint density at radius 1 is 0.968 bits per heavy atom. The first-order valence-corrected chi connectivity index (χ1v) is 12.3. The van der Waals surface area contributed by atoms with Crippen LogP contribution < -0.4 is 0 Å². The van der Waals surface area contributed by atoms with Crippen LogP contribution in [-0.2, 0) is 10.5 Å². The topological polar surface area (TPSA) is 53.5 Å². The number of carbonyl (C=O) groups excluding carboxylic acids is 2. The molecule has 0 N–H and O–H groups in total. The molecular formula is C24H27N3O2S2. The second-order valence-corrected chi connectivity index (χ2v) is 11.0. The third-order valence-corrected chi connectivity index (χ3v) is 7.58. The molecule has 0 spiro atoms. The quantitative estimate of drug-likeness (QED) is 0.526. The van der Waals surface area contributed by atoms with Gasteiger partial charge in [0.1, 0.15) is 0 Å². The highest BCUT2D eigenvalue weighted by Gasteiger charge is 2.31. The number of thioether (sulfide) groups is 1. The summed E-state index contributed by atoms with van der Waals surface area (Å²) in [6.07, 6.45) is 0. The summed E-state index contributed by atoms with van der Waals surface area (Å²) in [5.41, 5.74) is 2.52. The summed E-state index contributed by atoms with van der Waals surface area (Å²) in [5.74, 6) is 1.00. The first-order valence-electron chi connectivity index (χ1n) is 10.5. The van der Waals surface area contributed by atoms with Gasteiger partial charge in [-0.2, -0.15) is 0 Å². The van der Waals surface area contributed by atoms with Crippen LogP contribution in [0.1, 0.15) is 36.7 Å². The van der Waals surface area contributed by atoms with Crippen molar-refractivity contribution in [3.63, 3.8) is 0 Å². The van der Waals surface area contributed by atoms with Crippen molar-refractivity contribution in [2.24, 2.45) is 5.41 Å². The minimum atomic E-state index is -0.384. The van der Waals surface area contributed by atoms with Crippen molar-refractivity contribution < 1.29 is 9.59 Å². The van der Waals surface area contributed by atoms with Crippen molar-refractivity contribution in [1.29, 1.82) is 0 Å². The van der Waals surface area contributed by atoms with Gasteiger partial charge in [-0.1, -0.05) is 56.8 Å². The van der Waals surface area contributed by atoms with E-state index in [1.165, 1.54) is 10.3 Å². The molecular weight excluding hydrogens is 426 g/mol. The highest BCUT2D eigenvalue weighted by Crippen LogP contribution is 2.31. The first kappa shape index (κ1) is 21.8. The van der Waals surface area contributed by atoms with Gasteiger partial charge in [0, 0.05) is 42.9 Å². The molecule has 0 saturated carbocycles. The predicted octanol–water partition coefficient (Wildman–Crippen LogP) is 4.92. The van der Waals surface area contributed by atoms with E-state index in [4.69, 9.17) is 0 Å². The molecule has 0 aliphatic carbocycles. The number of piperazine rings is 1. The second kappa shape index (κ2) is 9.01. The van der Waals surface area contributed by atoms with Crippen LogP contribution in [0.4, 0.5) is 0 Å². The number of fused-ring (bicyclic) bond motifs is 1. The van der Waals surface area contributed by atoms with Crippen molar-refractivity contribution in [3.05, 3.63) is 59.7 Å². The number of amides is 2. The molecule has 5 nitrogen and oxygen atoms in total. The smallest absolute Gasteiger partial charge is 0.253 e. The van der Waals surface area contributed by atoms with Crippen LogP contribution in [0.15, 0.2) is 52.9 Å². The lowest BCUT2D eigenvalue weighted by atomic mass is 9.94. The van der Waals surface area contributed by atoms with E-state index in [2.05, 4.69) is 11.1 Å². The fourth-order valence-corrected chi connectivity index (χ4v) is 5.60. The van der Waals surface area contributed by atoms with Crippen LogP contribution in [0.5, 0.6) is 0 Å². The van der Waals surface area contributed by atoms with Crippen LogP contribution in [0, 0.1) is 5.41 Å². The largest absolute Gasteiger partial charge is 0.339 e. The average Bonchev–Trinajstić information content (AvgIpc) is 3.19. The van der Waals surface area contributed by atoms with Crippen LogP contribution in [-0.4, -0.2) is 52.8 Å². The predicted molar refractivity (Wildman–Crippen MR) is 128 cm³/mol. The minimum Gasteiger partial charge on any atom is -0.339 e. The molecule has 0 unspecified atom stereocenters. The molecule has 0 atom stereocenters. The van der Waals surface area contributed by atoms with Gasteiger partial charge in [0.2, 0.25) is 5.91 Å². The molecule has 1 fully saturated rings. The molecule has 0 bridgehead atoms. The number of nitrogens with zero attached hydrogens (tertiary/aromatic N) is 3. The number of thiazole rings is 1. The van der Waals surface area contributed by atoms with Crippen LogP contribution in [0.25, 0.3) is 10.2 Å². The summed E-state index contributed by atoms with van der Waals surface area (Å²) in [4.78, 5) is 33.7. The lowest BCUT2D eigenvalue weighted by Gasteiger charge is -2.37. The summed E-state index contributed by atoms with van der Waals surface area (Å²) in [7, 11) is 0. The molecule has 1 aromatic heterocycles. The third kappa shape index (κ3) is 5.10. The first-order chi connectivity index (χ1) is 14.8. The Bertz CT molecular complexity index is 1050. The van der Waals surface area contributed by atoms with Crippen LogP contribution >= 0.6 is 23.1 Å². The number of aromatic nitrogens is 1. The van der Waals surface area contributed by atoms with Crippen LogP contribution in [0.2, 0.25) is 0 Å². The molecule has 4 rings (SSSR count). The van der Waals surface area contributed by atoms with Gasteiger partial charge in [-0.3, -0.25) is 9.59 Å². The highest BCUT2D eigenvalue weighted by molar-refractivity contribution is 8.00. The maximum Gasteiger partial charge on any atom is 0.253 e. The van der Waals surface area contributed by atoms with E-state index in [0.717, 1.165) is 15.6 Å². The summed E-state index contributed by atoms with van der Waals surface area (Å²) >= 11 is 3.43. The molecule has 3 aromatic rings. The van der Waals surface area contributed by atoms with E-state index >= 15 is 0 Å². The minimum absolute atomic E-state index is 0.0354. The van der Waals surface area contributed by atoms with E-state index in [0.29, 0.717) is 31.7 Å². The van der Waals surface area contributed by atoms with Gasteiger partial charge in [0.15, 0.2) is 4.34 Å². The number of benzene rings is 2. The zero-order valence-corrected chi connectivity index (χ0v) is 19.8. The van der Waals surface area contributed by atoms with Gasteiger partial charge < -0.3 is 9.80 Å². The monoisotopic (exact) mass is 453 g/mol. The standard InChI is InChI=1S/C24H27N3O2S2/c1-24(2,3)22(29)27-14-12-26(13-15-27)21(28)18-10-8-17(9-11-18)16-30-23-25-19-6-4-5-7-20(19)31-23/h4-11H,12-16H2,1-3H3. The number of hydrogen-bond donors (Lipinski definition) is 0. The fraction of sp³-hybridized carbons (Fsp3) is 0.375. The number of rotatable bonds is 4. The molecule has 1 aliphatic rings. The highest BCUT2D eigenvalue weighted by atomic mass is 32.2. The lowest BCUT2D eigenvalue weighted by Crippen LogP contribution is -2.53. The normalized spacial score (nSPS) is 14.8. The molecule has 31 heavy (non-hydrogen) atoms. The summed E-state index contributed by atoms with van der Waals surface area (Å²) in [6, 6.07) is 16.0. The van der Waals surface area contributed by atoms with Crippen molar-refractivity contribution >= 4 is 45.1 Å². The van der Waals surface area contributed by atoms with Gasteiger partial charge in [0.25, 0.3) is 5.91 Å². The van der Waals surface area contributed by atoms with Gasteiger partial charge in [-0.25, -0.2) is 4.98 Å². The number of para-hydroxylation sites is 1. The molecule has 0 radical (unpaired) electrons. The molecule has 2 amide bonds. The number of carbonyl (C=O) groups is 2.